The van der Waals surface area contributed by atoms with Crippen LogP contribution in [0.1, 0.15) is 16.1 Å². The Morgan fingerprint density at radius 3 is 2.48 bits per heavy atom. The molecule has 116 valence electrons. The minimum Gasteiger partial charge on any atom is -0.369 e. The van der Waals surface area contributed by atoms with Crippen molar-refractivity contribution in [3.63, 3.8) is 0 Å². The Hall–Kier alpha value is -1.98. The van der Waals surface area contributed by atoms with E-state index < -0.39 is 16.6 Å². The molecule has 0 aliphatic rings. The van der Waals surface area contributed by atoms with Crippen molar-refractivity contribution in [1.82, 2.24) is 9.55 Å². The topological polar surface area (TPSA) is 67.6 Å². The number of hydrogen-bond donors (Lipinski definition) is 1. The Labute approximate surface area is 146 Å². The van der Waals surface area contributed by atoms with Gasteiger partial charge in [-0.25, -0.2) is 13.8 Å². The number of benzene rings is 2. The van der Waals surface area contributed by atoms with E-state index in [1.807, 2.05) is 6.07 Å². The third-order valence-corrected chi connectivity index (χ3v) is 4.68. The minimum absolute atomic E-state index is 0.0821. The summed E-state index contributed by atoms with van der Waals surface area (Å²) in [6.45, 7) is 0. The van der Waals surface area contributed by atoms with Gasteiger partial charge in [0.2, 0.25) is 5.95 Å². The standard InChI is InChI=1S/C15H8Br2F2N4/c16-8-4-9(18)13(10(19)5-8)14(17)23-12-2-1-7(6-20)3-11(12)22-15(23)21/h1-5,14H,(H2,21,22). The van der Waals surface area contributed by atoms with Crippen molar-refractivity contribution in [1.29, 1.82) is 5.26 Å². The number of alkyl halides is 1. The van der Waals surface area contributed by atoms with Gasteiger partial charge in [-0.3, -0.25) is 4.57 Å². The molecule has 1 aromatic heterocycles. The molecule has 4 nitrogen and oxygen atoms in total. The molecular formula is C15H8Br2F2N4. The fourth-order valence-corrected chi connectivity index (χ4v) is 3.60. The Bertz CT molecular complexity index is 939. The Morgan fingerprint density at radius 2 is 1.87 bits per heavy atom. The maximum Gasteiger partial charge on any atom is 0.202 e. The number of halogens is 4. The lowest BCUT2D eigenvalue weighted by Crippen LogP contribution is -2.11. The zero-order chi connectivity index (χ0) is 16.7. The number of rotatable bonds is 2. The number of nitrogens with two attached hydrogens (primary N) is 1. The molecule has 0 bridgehead atoms. The van der Waals surface area contributed by atoms with Crippen LogP contribution < -0.4 is 5.73 Å². The molecule has 0 amide bonds. The minimum atomic E-state index is -0.881. The molecule has 1 heterocycles. The summed E-state index contributed by atoms with van der Waals surface area (Å²) in [5.41, 5.74) is 7.18. The van der Waals surface area contributed by atoms with Gasteiger partial charge in [-0.05, 0) is 30.3 Å². The molecule has 0 fully saturated rings. The highest BCUT2D eigenvalue weighted by molar-refractivity contribution is 9.10. The molecule has 0 saturated heterocycles. The van der Waals surface area contributed by atoms with E-state index >= 15 is 0 Å². The highest BCUT2D eigenvalue weighted by Gasteiger charge is 2.24. The first kappa shape index (κ1) is 15.9. The number of nitrogen functional groups attached to an aromatic ring is 1. The molecule has 0 saturated carbocycles. The summed E-state index contributed by atoms with van der Waals surface area (Å²) < 4.78 is 30.1. The highest BCUT2D eigenvalue weighted by Crippen LogP contribution is 2.36. The normalized spacial score (nSPS) is 12.3. The Kier molecular flexibility index (Phi) is 4.08. The number of nitrogens with zero attached hydrogens (tertiary/aromatic N) is 3. The van der Waals surface area contributed by atoms with Gasteiger partial charge < -0.3 is 5.73 Å². The second kappa shape index (κ2) is 5.91. The molecule has 8 heteroatoms. The van der Waals surface area contributed by atoms with Gasteiger partial charge >= 0.3 is 0 Å². The predicted octanol–water partition coefficient (Wildman–Crippen LogP) is 4.47. The molecule has 3 aromatic rings. The Morgan fingerprint density at radius 1 is 1.22 bits per heavy atom. The molecule has 0 aliphatic carbocycles. The van der Waals surface area contributed by atoms with Crippen LogP contribution in [0, 0.1) is 23.0 Å². The predicted molar refractivity (Wildman–Crippen MR) is 90.0 cm³/mol. The van der Waals surface area contributed by atoms with Crippen LogP contribution in [0.2, 0.25) is 0 Å². The molecule has 2 N–H and O–H groups in total. The lowest BCUT2D eigenvalue weighted by atomic mass is 10.2. The third-order valence-electron chi connectivity index (χ3n) is 3.35. The van der Waals surface area contributed by atoms with Crippen molar-refractivity contribution in [3.8, 4) is 6.07 Å². The van der Waals surface area contributed by atoms with E-state index in [4.69, 9.17) is 11.0 Å². The van der Waals surface area contributed by atoms with Gasteiger partial charge in [0.15, 0.2) is 0 Å². The monoisotopic (exact) mass is 440 g/mol. The van der Waals surface area contributed by atoms with Gasteiger partial charge in [0.1, 0.15) is 16.6 Å². The third kappa shape index (κ3) is 2.71. The first-order chi connectivity index (χ1) is 10.9. The molecule has 3 rings (SSSR count). The van der Waals surface area contributed by atoms with E-state index in [0.717, 1.165) is 0 Å². The summed E-state index contributed by atoms with van der Waals surface area (Å²) in [4.78, 5) is 3.27. The summed E-state index contributed by atoms with van der Waals surface area (Å²) in [6.07, 6.45) is 0. The highest BCUT2D eigenvalue weighted by atomic mass is 79.9. The van der Waals surface area contributed by atoms with Crippen LogP contribution in [0.4, 0.5) is 14.7 Å². The van der Waals surface area contributed by atoms with Gasteiger partial charge in [0.05, 0.1) is 28.2 Å². The van der Waals surface area contributed by atoms with Crippen LogP contribution >= 0.6 is 31.9 Å². The second-order valence-corrected chi connectivity index (χ2v) is 6.56. The largest absolute Gasteiger partial charge is 0.369 e. The van der Waals surface area contributed by atoms with E-state index in [0.29, 0.717) is 21.1 Å². The van der Waals surface area contributed by atoms with Crippen LogP contribution in [-0.4, -0.2) is 9.55 Å². The summed E-state index contributed by atoms with van der Waals surface area (Å²) >= 11 is 6.34. The van der Waals surface area contributed by atoms with Crippen molar-refractivity contribution in [3.05, 3.63) is 57.6 Å². The number of hydrogen-bond acceptors (Lipinski definition) is 3. The summed E-state index contributed by atoms with van der Waals surface area (Å²) in [5, 5.41) is 8.93. The van der Waals surface area contributed by atoms with Crippen molar-refractivity contribution >= 4 is 48.8 Å². The smallest absolute Gasteiger partial charge is 0.202 e. The van der Waals surface area contributed by atoms with Crippen molar-refractivity contribution in [2.24, 2.45) is 0 Å². The first-order valence-corrected chi connectivity index (χ1v) is 8.09. The van der Waals surface area contributed by atoms with E-state index in [2.05, 4.69) is 36.8 Å². The summed E-state index contributed by atoms with van der Waals surface area (Å²) in [5.74, 6) is -1.35. The van der Waals surface area contributed by atoms with E-state index in [1.54, 1.807) is 18.2 Å². The van der Waals surface area contributed by atoms with E-state index in [1.165, 1.54) is 16.7 Å². The quantitative estimate of drug-likeness (QED) is 0.596. The number of anilines is 1. The van der Waals surface area contributed by atoms with Crippen LogP contribution in [0.5, 0.6) is 0 Å². The number of aromatic nitrogens is 2. The van der Waals surface area contributed by atoms with Crippen molar-refractivity contribution in [2.75, 3.05) is 5.73 Å². The molecule has 2 aromatic carbocycles. The summed E-state index contributed by atoms with van der Waals surface area (Å²) in [6, 6.07) is 9.15. The molecular weight excluding hydrogens is 434 g/mol. The van der Waals surface area contributed by atoms with Gasteiger partial charge in [-0.15, -0.1) is 0 Å². The van der Waals surface area contributed by atoms with E-state index in [-0.39, 0.29) is 11.5 Å². The first-order valence-electron chi connectivity index (χ1n) is 6.38. The molecule has 1 atom stereocenters. The van der Waals surface area contributed by atoms with Crippen LogP contribution in [0.3, 0.4) is 0 Å². The van der Waals surface area contributed by atoms with Gasteiger partial charge in [-0.1, -0.05) is 31.9 Å². The second-order valence-electron chi connectivity index (χ2n) is 4.77. The van der Waals surface area contributed by atoms with Crippen LogP contribution in [-0.2, 0) is 0 Å². The van der Waals surface area contributed by atoms with Crippen LogP contribution in [0.25, 0.3) is 11.0 Å². The lowest BCUT2D eigenvalue weighted by molar-refractivity contribution is 0.545. The van der Waals surface area contributed by atoms with E-state index in [9.17, 15) is 8.78 Å². The van der Waals surface area contributed by atoms with Crippen molar-refractivity contribution in [2.45, 2.75) is 4.95 Å². The zero-order valence-corrected chi connectivity index (χ0v) is 14.6. The fourth-order valence-electron chi connectivity index (χ4n) is 2.34. The molecule has 23 heavy (non-hydrogen) atoms. The zero-order valence-electron chi connectivity index (χ0n) is 11.4. The fraction of sp³-hybridized carbons (Fsp3) is 0.0667. The lowest BCUT2D eigenvalue weighted by Gasteiger charge is -2.16. The average molecular weight is 442 g/mol. The number of imidazole rings is 1. The number of fused-ring (bicyclic) bond motifs is 1. The SMILES string of the molecule is N#Cc1ccc2c(c1)nc(N)n2C(Br)c1c(F)cc(Br)cc1F. The number of nitriles is 1. The molecule has 0 radical (unpaired) electrons. The van der Waals surface area contributed by atoms with Crippen LogP contribution in [0.15, 0.2) is 34.8 Å². The van der Waals surface area contributed by atoms with Gasteiger partial charge in [-0.2, -0.15) is 5.26 Å². The van der Waals surface area contributed by atoms with Gasteiger partial charge in [0, 0.05) is 4.47 Å². The molecule has 1 unspecified atom stereocenters. The van der Waals surface area contributed by atoms with Gasteiger partial charge in [0.25, 0.3) is 0 Å². The summed E-state index contributed by atoms with van der Waals surface area (Å²) in [7, 11) is 0. The average Bonchev–Trinajstić information content (AvgIpc) is 2.80. The molecule has 0 aliphatic heterocycles. The maximum absolute atomic E-state index is 14.2. The molecule has 0 spiro atoms. The maximum atomic E-state index is 14.2. The van der Waals surface area contributed by atoms with Crippen molar-refractivity contribution < 1.29 is 8.78 Å². The Balaban J connectivity index is 2.21.